The zero-order valence-corrected chi connectivity index (χ0v) is 22.3. The number of hydrogen-bond acceptors (Lipinski definition) is 7. The Kier molecular flexibility index (Phi) is 7.30. The predicted octanol–water partition coefficient (Wildman–Crippen LogP) is 5.77. The smallest absolute Gasteiger partial charge is 0.233 e. The Balaban J connectivity index is 1.44. The topological polar surface area (TPSA) is 89.0 Å². The van der Waals surface area contributed by atoms with Gasteiger partial charge in [0.2, 0.25) is 5.91 Å². The van der Waals surface area contributed by atoms with Crippen LogP contribution in [0, 0.1) is 0 Å². The number of aromatic nitrogens is 3. The maximum absolute atomic E-state index is 13.1. The van der Waals surface area contributed by atoms with Gasteiger partial charge >= 0.3 is 0 Å². The van der Waals surface area contributed by atoms with Crippen LogP contribution in [-0.4, -0.2) is 45.0 Å². The molecule has 2 aromatic heterocycles. The minimum absolute atomic E-state index is 0.0780. The Bertz CT molecular complexity index is 1300. The molecule has 1 aliphatic carbocycles. The summed E-state index contributed by atoms with van der Waals surface area (Å²) < 4.78 is 8.95. The van der Waals surface area contributed by atoms with Crippen LogP contribution < -0.4 is 10.0 Å². The number of rotatable bonds is 10. The molecular weight excluding hydrogens is 478 g/mol. The van der Waals surface area contributed by atoms with Crippen molar-refractivity contribution in [1.29, 1.82) is 0 Å². The summed E-state index contributed by atoms with van der Waals surface area (Å²) in [7, 11) is 0.269. The maximum atomic E-state index is 13.1. The van der Waals surface area contributed by atoms with Crippen molar-refractivity contribution in [3.05, 3.63) is 53.4 Å². The van der Waals surface area contributed by atoms with Crippen LogP contribution in [0.25, 0.3) is 11.3 Å². The summed E-state index contributed by atoms with van der Waals surface area (Å²) in [6.07, 6.45) is 6.44. The fourth-order valence-electron chi connectivity index (χ4n) is 3.65. The Labute approximate surface area is 212 Å². The zero-order valence-electron chi connectivity index (χ0n) is 20.7. The van der Waals surface area contributed by atoms with Gasteiger partial charge in [-0.15, -0.1) is 20.7 Å². The molecule has 0 spiro atoms. The van der Waals surface area contributed by atoms with Crippen LogP contribution in [0.5, 0.6) is 0 Å². The zero-order chi connectivity index (χ0) is 25.2. The standard InChI is InChI=1S/C26H33N5O2S2/c1-7-20(22-16-34-25(30-22)31-35(5,6)19-12-13-19)24(32)28-18-10-8-17(9-11-18)21-14-27-15-23(29-21)26(2,3)33-4/h8-11,14-16,19-20H,5-7,12-13H2,1-4H3,(H,28,32)(H,30,31). The Morgan fingerprint density at radius 1 is 1.23 bits per heavy atom. The maximum Gasteiger partial charge on any atom is 0.233 e. The van der Waals surface area contributed by atoms with E-state index in [-0.39, 0.29) is 11.8 Å². The lowest BCUT2D eigenvalue weighted by Crippen LogP contribution is -2.21. The molecule has 1 unspecified atom stereocenters. The summed E-state index contributed by atoms with van der Waals surface area (Å²) in [5.41, 5.74) is 3.38. The second kappa shape index (κ2) is 10.1. The summed E-state index contributed by atoms with van der Waals surface area (Å²) in [5.74, 6) is 8.14. The summed E-state index contributed by atoms with van der Waals surface area (Å²) in [6.45, 7) is 5.90. The molecule has 0 radical (unpaired) electrons. The first-order valence-electron chi connectivity index (χ1n) is 11.6. The first-order valence-corrected chi connectivity index (χ1v) is 14.5. The molecule has 9 heteroatoms. The number of hydrogen-bond donors (Lipinski definition) is 2. The second-order valence-corrected chi connectivity index (χ2v) is 13.0. The van der Waals surface area contributed by atoms with Gasteiger partial charge in [-0.25, -0.2) is 9.97 Å². The van der Waals surface area contributed by atoms with Gasteiger partial charge in [-0.2, -0.15) is 0 Å². The van der Waals surface area contributed by atoms with Gasteiger partial charge in [0.05, 0.1) is 35.4 Å². The van der Waals surface area contributed by atoms with Crippen LogP contribution in [0.4, 0.5) is 10.8 Å². The minimum Gasteiger partial charge on any atom is -0.372 e. The van der Waals surface area contributed by atoms with Crippen molar-refractivity contribution in [3.63, 3.8) is 0 Å². The fourth-order valence-corrected chi connectivity index (χ4v) is 6.55. The Morgan fingerprint density at radius 3 is 2.57 bits per heavy atom. The van der Waals surface area contributed by atoms with E-state index in [1.807, 2.05) is 50.4 Å². The summed E-state index contributed by atoms with van der Waals surface area (Å²) in [4.78, 5) is 26.8. The van der Waals surface area contributed by atoms with E-state index < -0.39 is 15.0 Å². The summed E-state index contributed by atoms with van der Waals surface area (Å²) >= 11 is 1.51. The van der Waals surface area contributed by atoms with E-state index in [9.17, 15) is 4.79 Å². The number of ether oxygens (including phenoxy) is 1. The molecule has 1 aliphatic rings. The average Bonchev–Trinajstić information content (AvgIpc) is 3.62. The van der Waals surface area contributed by atoms with Crippen molar-refractivity contribution in [2.75, 3.05) is 17.1 Å². The molecule has 0 saturated heterocycles. The van der Waals surface area contributed by atoms with Crippen LogP contribution in [0.1, 0.15) is 57.3 Å². The van der Waals surface area contributed by atoms with Crippen molar-refractivity contribution < 1.29 is 9.53 Å². The molecule has 1 amide bonds. The molecule has 2 heterocycles. The molecule has 2 N–H and O–H groups in total. The second-order valence-electron chi connectivity index (χ2n) is 9.35. The highest BCUT2D eigenvalue weighted by Gasteiger charge is 2.28. The van der Waals surface area contributed by atoms with Gasteiger partial charge in [-0.3, -0.25) is 9.78 Å². The molecule has 3 aromatic rings. The molecule has 1 atom stereocenters. The quantitative estimate of drug-likeness (QED) is 0.336. The third-order valence-corrected chi connectivity index (χ3v) is 9.52. The highest BCUT2D eigenvalue weighted by Crippen LogP contribution is 2.44. The van der Waals surface area contributed by atoms with E-state index in [1.54, 1.807) is 19.5 Å². The normalized spacial score (nSPS) is 15.0. The number of nitrogens with zero attached hydrogens (tertiary/aromatic N) is 3. The number of carbonyl (C=O) groups excluding carboxylic acids is 1. The third kappa shape index (κ3) is 5.91. The van der Waals surface area contributed by atoms with Crippen molar-refractivity contribution in [1.82, 2.24) is 15.0 Å². The van der Waals surface area contributed by atoms with Crippen molar-refractivity contribution in [2.45, 2.75) is 56.8 Å². The lowest BCUT2D eigenvalue weighted by molar-refractivity contribution is -0.117. The van der Waals surface area contributed by atoms with Gasteiger partial charge in [0.15, 0.2) is 5.13 Å². The van der Waals surface area contributed by atoms with E-state index in [0.717, 1.165) is 33.5 Å². The molecule has 0 bridgehead atoms. The molecule has 186 valence electrons. The van der Waals surface area contributed by atoms with E-state index in [4.69, 9.17) is 14.7 Å². The summed E-state index contributed by atoms with van der Waals surface area (Å²) in [6, 6.07) is 7.61. The number of benzene rings is 1. The molecule has 1 saturated carbocycles. The van der Waals surface area contributed by atoms with Crippen molar-refractivity contribution >= 4 is 49.2 Å². The van der Waals surface area contributed by atoms with Gasteiger partial charge in [-0.1, -0.05) is 30.8 Å². The molecule has 35 heavy (non-hydrogen) atoms. The van der Waals surface area contributed by atoms with Gasteiger partial charge in [0, 0.05) is 29.0 Å². The first-order chi connectivity index (χ1) is 16.6. The van der Waals surface area contributed by atoms with E-state index in [2.05, 4.69) is 26.8 Å². The fraction of sp³-hybridized carbons (Fsp3) is 0.385. The number of anilines is 2. The molecule has 4 rings (SSSR count). The molecular formula is C26H33N5O2S2. The van der Waals surface area contributed by atoms with Crippen molar-refractivity contribution in [2.24, 2.45) is 0 Å². The number of amides is 1. The van der Waals surface area contributed by atoms with Gasteiger partial charge in [0.1, 0.15) is 5.60 Å². The largest absolute Gasteiger partial charge is 0.372 e. The van der Waals surface area contributed by atoms with Crippen LogP contribution in [0.15, 0.2) is 42.0 Å². The van der Waals surface area contributed by atoms with Gasteiger partial charge in [0.25, 0.3) is 0 Å². The van der Waals surface area contributed by atoms with Crippen LogP contribution in [0.2, 0.25) is 0 Å². The van der Waals surface area contributed by atoms with Crippen LogP contribution in [0.3, 0.4) is 0 Å². The lowest BCUT2D eigenvalue weighted by Gasteiger charge is -2.22. The van der Waals surface area contributed by atoms with E-state index in [0.29, 0.717) is 11.7 Å². The molecule has 0 aliphatic heterocycles. The SMILES string of the molecule is C=S(=C)(Nc1nc(C(CC)C(=O)Nc2ccc(-c3cncc(C(C)(C)OC)n3)cc2)cs1)C1CC1. The molecule has 1 fully saturated rings. The van der Waals surface area contributed by atoms with E-state index in [1.165, 1.54) is 24.2 Å². The number of methoxy groups -OCH3 is 1. The Morgan fingerprint density at radius 2 is 1.94 bits per heavy atom. The minimum atomic E-state index is -1.39. The van der Waals surface area contributed by atoms with Gasteiger partial charge in [-0.05, 0) is 45.2 Å². The van der Waals surface area contributed by atoms with Crippen LogP contribution in [-0.2, 0) is 15.1 Å². The first kappa shape index (κ1) is 25.3. The predicted molar refractivity (Wildman–Crippen MR) is 150 cm³/mol. The highest BCUT2D eigenvalue weighted by atomic mass is 32.2. The lowest BCUT2D eigenvalue weighted by atomic mass is 10.0. The Hall–Kier alpha value is -2.75. The monoisotopic (exact) mass is 511 g/mol. The number of carbonyl (C=O) groups is 1. The summed E-state index contributed by atoms with van der Waals surface area (Å²) in [5, 5.41) is 6.34. The van der Waals surface area contributed by atoms with Gasteiger partial charge < -0.3 is 14.8 Å². The third-order valence-electron chi connectivity index (χ3n) is 6.27. The number of nitrogens with one attached hydrogen (secondary N) is 2. The molecule has 7 nitrogen and oxygen atoms in total. The molecule has 1 aromatic carbocycles. The highest BCUT2D eigenvalue weighted by molar-refractivity contribution is 8.29. The van der Waals surface area contributed by atoms with Crippen LogP contribution >= 0.6 is 20.7 Å². The number of thiazole rings is 1. The average molecular weight is 512 g/mol. The van der Waals surface area contributed by atoms with Crippen molar-refractivity contribution in [3.8, 4) is 11.3 Å². The van der Waals surface area contributed by atoms with E-state index >= 15 is 0 Å².